The van der Waals surface area contributed by atoms with Crippen molar-refractivity contribution in [2.75, 3.05) is 7.11 Å². The summed E-state index contributed by atoms with van der Waals surface area (Å²) < 4.78 is 20.2. The van der Waals surface area contributed by atoms with Gasteiger partial charge in [0, 0.05) is 24.7 Å². The SMILES string of the molecule is COc1ccc(-c2c(CN)cnn2C)cc1F.Cl. The summed E-state index contributed by atoms with van der Waals surface area (Å²) in [4.78, 5) is 0. The summed E-state index contributed by atoms with van der Waals surface area (Å²) in [5.74, 6) is -0.167. The molecule has 2 N–H and O–H groups in total. The minimum absolute atomic E-state index is 0. The lowest BCUT2D eigenvalue weighted by Gasteiger charge is -2.07. The summed E-state index contributed by atoms with van der Waals surface area (Å²) in [6.07, 6.45) is 1.69. The maximum absolute atomic E-state index is 13.6. The summed E-state index contributed by atoms with van der Waals surface area (Å²) in [5, 5.41) is 4.12. The van der Waals surface area contributed by atoms with E-state index in [9.17, 15) is 4.39 Å². The van der Waals surface area contributed by atoms with Crippen molar-refractivity contribution in [3.8, 4) is 17.0 Å². The lowest BCUT2D eigenvalue weighted by molar-refractivity contribution is 0.386. The van der Waals surface area contributed by atoms with E-state index < -0.39 is 5.82 Å². The average molecular weight is 272 g/mol. The van der Waals surface area contributed by atoms with E-state index in [0.717, 1.165) is 16.8 Å². The predicted octanol–water partition coefficient (Wildman–Crippen LogP) is 2.12. The van der Waals surface area contributed by atoms with Crippen LogP contribution in [-0.2, 0) is 13.6 Å². The second kappa shape index (κ2) is 5.84. The van der Waals surface area contributed by atoms with Gasteiger partial charge in [-0.25, -0.2) is 4.39 Å². The van der Waals surface area contributed by atoms with E-state index >= 15 is 0 Å². The fraction of sp³-hybridized carbons (Fsp3) is 0.250. The highest BCUT2D eigenvalue weighted by molar-refractivity contribution is 5.85. The number of benzene rings is 1. The Balaban J connectivity index is 0.00000162. The number of methoxy groups -OCH3 is 1. The van der Waals surface area contributed by atoms with Crippen LogP contribution in [0.5, 0.6) is 5.75 Å². The van der Waals surface area contributed by atoms with Crippen molar-refractivity contribution in [2.24, 2.45) is 12.8 Å². The largest absolute Gasteiger partial charge is 0.494 e. The minimum Gasteiger partial charge on any atom is -0.494 e. The molecule has 2 aromatic rings. The molecule has 0 atom stereocenters. The van der Waals surface area contributed by atoms with Crippen LogP contribution in [-0.4, -0.2) is 16.9 Å². The molecule has 1 aromatic carbocycles. The van der Waals surface area contributed by atoms with E-state index in [1.807, 2.05) is 0 Å². The Morgan fingerprint density at radius 2 is 2.17 bits per heavy atom. The van der Waals surface area contributed by atoms with Crippen LogP contribution < -0.4 is 10.5 Å². The molecule has 1 aromatic heterocycles. The Labute approximate surface area is 111 Å². The summed E-state index contributed by atoms with van der Waals surface area (Å²) in [6, 6.07) is 4.81. The quantitative estimate of drug-likeness (QED) is 0.930. The maximum atomic E-state index is 13.6. The first kappa shape index (κ1) is 14.5. The number of aryl methyl sites for hydroxylation is 1. The predicted molar refractivity (Wildman–Crippen MR) is 70.3 cm³/mol. The first-order valence-corrected chi connectivity index (χ1v) is 5.22. The molecule has 4 nitrogen and oxygen atoms in total. The molecule has 1 heterocycles. The van der Waals surface area contributed by atoms with Gasteiger partial charge in [-0.05, 0) is 18.2 Å². The monoisotopic (exact) mass is 271 g/mol. The van der Waals surface area contributed by atoms with Gasteiger partial charge in [0.25, 0.3) is 0 Å². The molecule has 0 radical (unpaired) electrons. The van der Waals surface area contributed by atoms with Crippen molar-refractivity contribution in [3.05, 3.63) is 35.8 Å². The molecule has 0 spiro atoms. The third-order valence-electron chi connectivity index (χ3n) is 2.66. The van der Waals surface area contributed by atoms with Gasteiger partial charge in [0.2, 0.25) is 0 Å². The van der Waals surface area contributed by atoms with Gasteiger partial charge in [-0.2, -0.15) is 5.10 Å². The number of aromatic nitrogens is 2. The van der Waals surface area contributed by atoms with Crippen LogP contribution in [0.3, 0.4) is 0 Å². The van der Waals surface area contributed by atoms with Crippen molar-refractivity contribution < 1.29 is 9.13 Å². The molecule has 0 aliphatic rings. The smallest absolute Gasteiger partial charge is 0.165 e. The highest BCUT2D eigenvalue weighted by Crippen LogP contribution is 2.27. The van der Waals surface area contributed by atoms with E-state index in [2.05, 4.69) is 5.10 Å². The molecule has 6 heteroatoms. The van der Waals surface area contributed by atoms with Crippen LogP contribution >= 0.6 is 12.4 Å². The van der Waals surface area contributed by atoms with Crippen LogP contribution in [0.4, 0.5) is 4.39 Å². The van der Waals surface area contributed by atoms with Gasteiger partial charge in [-0.1, -0.05) is 0 Å². The molecule has 18 heavy (non-hydrogen) atoms. The van der Waals surface area contributed by atoms with Gasteiger partial charge in [0.15, 0.2) is 11.6 Å². The van der Waals surface area contributed by atoms with Crippen molar-refractivity contribution in [3.63, 3.8) is 0 Å². The molecule has 0 fully saturated rings. The zero-order valence-electron chi connectivity index (χ0n) is 10.2. The fourth-order valence-electron chi connectivity index (χ4n) is 1.82. The molecule has 0 saturated heterocycles. The Kier molecular flexibility index (Phi) is 4.69. The van der Waals surface area contributed by atoms with Crippen LogP contribution in [0.2, 0.25) is 0 Å². The maximum Gasteiger partial charge on any atom is 0.165 e. The molecule has 0 bridgehead atoms. The molecule has 0 amide bonds. The van der Waals surface area contributed by atoms with Crippen molar-refractivity contribution >= 4 is 12.4 Å². The molecule has 0 aliphatic heterocycles. The molecule has 0 saturated carbocycles. The van der Waals surface area contributed by atoms with Crippen LogP contribution in [0, 0.1) is 5.82 Å². The van der Waals surface area contributed by atoms with Gasteiger partial charge < -0.3 is 10.5 Å². The first-order chi connectivity index (χ1) is 8.17. The summed E-state index contributed by atoms with van der Waals surface area (Å²) in [5.41, 5.74) is 8.08. The second-order valence-corrected chi connectivity index (χ2v) is 3.70. The number of nitrogens with two attached hydrogens (primary N) is 1. The van der Waals surface area contributed by atoms with Gasteiger partial charge in [0.1, 0.15) is 0 Å². The highest BCUT2D eigenvalue weighted by atomic mass is 35.5. The molecular weight excluding hydrogens is 257 g/mol. The van der Waals surface area contributed by atoms with E-state index in [1.54, 1.807) is 30.1 Å². The Morgan fingerprint density at radius 3 is 2.72 bits per heavy atom. The number of nitrogens with zero attached hydrogens (tertiary/aromatic N) is 2. The van der Waals surface area contributed by atoms with E-state index in [4.69, 9.17) is 10.5 Å². The van der Waals surface area contributed by atoms with Gasteiger partial charge in [0.05, 0.1) is 19.0 Å². The van der Waals surface area contributed by atoms with Gasteiger partial charge in [-0.3, -0.25) is 4.68 Å². The summed E-state index contributed by atoms with van der Waals surface area (Å²) in [6.45, 7) is 0.372. The Hall–Kier alpha value is -1.59. The normalized spacial score (nSPS) is 10.0. The van der Waals surface area contributed by atoms with Gasteiger partial charge >= 0.3 is 0 Å². The lowest BCUT2D eigenvalue weighted by atomic mass is 10.1. The summed E-state index contributed by atoms with van der Waals surface area (Å²) >= 11 is 0. The first-order valence-electron chi connectivity index (χ1n) is 5.22. The second-order valence-electron chi connectivity index (χ2n) is 3.70. The van der Waals surface area contributed by atoms with Crippen molar-refractivity contribution in [2.45, 2.75) is 6.54 Å². The molecule has 2 rings (SSSR count). The number of hydrogen-bond acceptors (Lipinski definition) is 3. The van der Waals surface area contributed by atoms with Crippen molar-refractivity contribution in [1.29, 1.82) is 0 Å². The molecule has 0 aliphatic carbocycles. The average Bonchev–Trinajstić information content (AvgIpc) is 2.70. The van der Waals surface area contributed by atoms with Crippen LogP contribution in [0.15, 0.2) is 24.4 Å². The van der Waals surface area contributed by atoms with Crippen LogP contribution in [0.1, 0.15) is 5.56 Å². The Morgan fingerprint density at radius 1 is 1.44 bits per heavy atom. The zero-order chi connectivity index (χ0) is 12.4. The number of halogens is 2. The lowest BCUT2D eigenvalue weighted by Crippen LogP contribution is -2.00. The minimum atomic E-state index is -0.394. The third kappa shape index (κ3) is 2.47. The topological polar surface area (TPSA) is 53.1 Å². The standard InChI is InChI=1S/C12H14FN3O.ClH/c1-16-12(9(6-14)7-15-16)8-3-4-11(17-2)10(13)5-8;/h3-5,7H,6,14H2,1-2H3;1H. The van der Waals surface area contributed by atoms with Crippen LogP contribution in [0.25, 0.3) is 11.3 Å². The number of rotatable bonds is 3. The number of ether oxygens (including phenoxy) is 1. The Bertz CT molecular complexity index is 542. The molecule has 98 valence electrons. The van der Waals surface area contributed by atoms with E-state index in [0.29, 0.717) is 6.54 Å². The van der Waals surface area contributed by atoms with Crippen molar-refractivity contribution in [1.82, 2.24) is 9.78 Å². The van der Waals surface area contributed by atoms with E-state index in [1.165, 1.54) is 13.2 Å². The van der Waals surface area contributed by atoms with E-state index in [-0.39, 0.29) is 18.2 Å². The third-order valence-corrected chi connectivity index (χ3v) is 2.66. The zero-order valence-corrected chi connectivity index (χ0v) is 11.0. The fourth-order valence-corrected chi connectivity index (χ4v) is 1.82. The molecular formula is C12H15ClFN3O. The number of hydrogen-bond donors (Lipinski definition) is 1. The summed E-state index contributed by atoms with van der Waals surface area (Å²) in [7, 11) is 3.24. The van der Waals surface area contributed by atoms with Gasteiger partial charge in [-0.15, -0.1) is 12.4 Å². The highest BCUT2D eigenvalue weighted by Gasteiger charge is 2.12. The molecule has 0 unspecified atom stereocenters.